The third kappa shape index (κ3) is 2.36. The molecule has 0 radical (unpaired) electrons. The van der Waals surface area contributed by atoms with Crippen LogP contribution in [0.25, 0.3) is 16.3 Å². The Morgan fingerprint density at radius 3 is 2.53 bits per heavy atom. The minimum absolute atomic E-state index is 0.861. The number of hydrogen-bond donors (Lipinski definition) is 0. The summed E-state index contributed by atoms with van der Waals surface area (Å²) < 4.78 is 0. The minimum Gasteiger partial charge on any atom is -0.103 e. The zero-order valence-corrected chi connectivity index (χ0v) is 9.89. The summed E-state index contributed by atoms with van der Waals surface area (Å²) in [5.41, 5.74) is 2.52. The van der Waals surface area contributed by atoms with Gasteiger partial charge in [-0.05, 0) is 28.3 Å². The predicted molar refractivity (Wildman–Crippen MR) is 76.9 cm³/mol. The van der Waals surface area contributed by atoms with Crippen LogP contribution in [0, 0.1) is 0 Å². The van der Waals surface area contributed by atoms with Crippen molar-refractivity contribution in [3.8, 4) is 0 Å². The molecule has 0 heterocycles. The Balaban J connectivity index is 2.64. The second kappa shape index (κ2) is 5.31. The van der Waals surface area contributed by atoms with E-state index in [4.69, 9.17) is 0 Å². The average Bonchev–Trinajstić information content (AvgIpc) is 2.38. The SMILES string of the molecule is C=C/C=C(/CC=C)c1cccc2ccccc12. The minimum atomic E-state index is 0.861. The molecule has 0 saturated carbocycles. The molecule has 2 aromatic carbocycles. The summed E-state index contributed by atoms with van der Waals surface area (Å²) in [5.74, 6) is 0. The van der Waals surface area contributed by atoms with E-state index in [1.54, 1.807) is 0 Å². The molecule has 0 spiro atoms. The van der Waals surface area contributed by atoms with E-state index in [0.29, 0.717) is 0 Å². The van der Waals surface area contributed by atoms with Gasteiger partial charge in [-0.15, -0.1) is 6.58 Å². The maximum Gasteiger partial charge on any atom is -0.00940 e. The third-order valence-corrected chi connectivity index (χ3v) is 2.82. The Morgan fingerprint density at radius 2 is 1.76 bits per heavy atom. The van der Waals surface area contributed by atoms with Crippen LogP contribution >= 0.6 is 0 Å². The fourth-order valence-corrected chi connectivity index (χ4v) is 2.07. The number of allylic oxidation sites excluding steroid dienone is 4. The Morgan fingerprint density at radius 1 is 1.00 bits per heavy atom. The van der Waals surface area contributed by atoms with Gasteiger partial charge >= 0.3 is 0 Å². The van der Waals surface area contributed by atoms with Crippen molar-refractivity contribution in [2.45, 2.75) is 6.42 Å². The lowest BCUT2D eigenvalue weighted by Gasteiger charge is -2.08. The molecule has 2 rings (SSSR count). The van der Waals surface area contributed by atoms with Crippen LogP contribution in [0.4, 0.5) is 0 Å². The highest BCUT2D eigenvalue weighted by Crippen LogP contribution is 2.27. The lowest BCUT2D eigenvalue weighted by atomic mass is 9.96. The van der Waals surface area contributed by atoms with Gasteiger partial charge < -0.3 is 0 Å². The van der Waals surface area contributed by atoms with Crippen molar-refractivity contribution >= 4 is 16.3 Å². The van der Waals surface area contributed by atoms with Gasteiger partial charge in [-0.25, -0.2) is 0 Å². The highest BCUT2D eigenvalue weighted by atomic mass is 14.1. The van der Waals surface area contributed by atoms with E-state index in [2.05, 4.69) is 61.7 Å². The molecule has 0 aliphatic heterocycles. The standard InChI is InChI=1S/C17H16/c1-3-8-14(9-4-2)17-13-7-11-15-10-5-6-12-16(15)17/h3-8,10-13H,1-2,9H2/b14-8-. The third-order valence-electron chi connectivity index (χ3n) is 2.82. The van der Waals surface area contributed by atoms with Crippen molar-refractivity contribution in [2.24, 2.45) is 0 Å². The van der Waals surface area contributed by atoms with Gasteiger partial charge in [0, 0.05) is 0 Å². The number of fused-ring (bicyclic) bond motifs is 1. The zero-order valence-electron chi connectivity index (χ0n) is 9.89. The van der Waals surface area contributed by atoms with Crippen LogP contribution in [-0.4, -0.2) is 0 Å². The van der Waals surface area contributed by atoms with Crippen LogP contribution < -0.4 is 0 Å². The van der Waals surface area contributed by atoms with E-state index >= 15 is 0 Å². The van der Waals surface area contributed by atoms with Gasteiger partial charge in [-0.2, -0.15) is 0 Å². The average molecular weight is 220 g/mol. The van der Waals surface area contributed by atoms with E-state index < -0.39 is 0 Å². The summed E-state index contributed by atoms with van der Waals surface area (Å²) in [6.45, 7) is 7.59. The molecule has 0 unspecified atom stereocenters. The summed E-state index contributed by atoms with van der Waals surface area (Å²) in [6.07, 6.45) is 6.68. The molecule has 0 aliphatic carbocycles. The van der Waals surface area contributed by atoms with Gasteiger partial charge in [-0.3, -0.25) is 0 Å². The van der Waals surface area contributed by atoms with Crippen LogP contribution in [0.5, 0.6) is 0 Å². The molecule has 0 bridgehead atoms. The summed E-state index contributed by atoms with van der Waals surface area (Å²) in [4.78, 5) is 0. The smallest absolute Gasteiger partial charge is 0.00940 e. The van der Waals surface area contributed by atoms with Gasteiger partial charge in [0.1, 0.15) is 0 Å². The molecule has 84 valence electrons. The van der Waals surface area contributed by atoms with E-state index in [1.165, 1.54) is 21.9 Å². The quantitative estimate of drug-likeness (QED) is 0.503. The molecule has 0 atom stereocenters. The molecule has 0 nitrogen and oxygen atoms in total. The Labute approximate surface area is 103 Å². The number of rotatable bonds is 4. The normalized spacial score (nSPS) is 11.4. The molecular formula is C17H16. The summed E-state index contributed by atoms with van der Waals surface area (Å²) in [6, 6.07) is 14.8. The molecule has 0 N–H and O–H groups in total. The Bertz CT molecular complexity index is 568. The molecule has 17 heavy (non-hydrogen) atoms. The number of benzene rings is 2. The summed E-state index contributed by atoms with van der Waals surface area (Å²) in [5, 5.41) is 2.55. The molecular weight excluding hydrogens is 204 g/mol. The van der Waals surface area contributed by atoms with Crippen LogP contribution in [0.1, 0.15) is 12.0 Å². The number of hydrogen-bond acceptors (Lipinski definition) is 0. The predicted octanol–water partition coefficient (Wildman–Crippen LogP) is 4.99. The summed E-state index contributed by atoms with van der Waals surface area (Å²) >= 11 is 0. The molecule has 0 amide bonds. The molecule has 0 heteroatoms. The maximum atomic E-state index is 3.81. The van der Waals surface area contributed by atoms with Gasteiger partial charge in [0.25, 0.3) is 0 Å². The highest BCUT2D eigenvalue weighted by molar-refractivity contribution is 5.94. The Hall–Kier alpha value is -2.08. The Kier molecular flexibility index (Phi) is 3.56. The van der Waals surface area contributed by atoms with E-state index in [0.717, 1.165) is 6.42 Å². The van der Waals surface area contributed by atoms with Crippen LogP contribution in [-0.2, 0) is 0 Å². The lowest BCUT2D eigenvalue weighted by Crippen LogP contribution is -1.85. The largest absolute Gasteiger partial charge is 0.103 e. The second-order valence-electron chi connectivity index (χ2n) is 3.95. The first-order chi connectivity index (χ1) is 8.36. The lowest BCUT2D eigenvalue weighted by molar-refractivity contribution is 1.41. The first-order valence-corrected chi connectivity index (χ1v) is 5.77. The first-order valence-electron chi connectivity index (χ1n) is 5.77. The van der Waals surface area contributed by atoms with Crippen molar-refractivity contribution in [1.82, 2.24) is 0 Å². The van der Waals surface area contributed by atoms with Gasteiger partial charge in [0.15, 0.2) is 0 Å². The van der Waals surface area contributed by atoms with Crippen LogP contribution in [0.2, 0.25) is 0 Å². The molecule has 0 aliphatic rings. The maximum absolute atomic E-state index is 3.81. The fraction of sp³-hybridized carbons (Fsp3) is 0.0588. The van der Waals surface area contributed by atoms with Crippen molar-refractivity contribution in [3.05, 3.63) is 79.4 Å². The van der Waals surface area contributed by atoms with Crippen molar-refractivity contribution in [3.63, 3.8) is 0 Å². The second-order valence-corrected chi connectivity index (χ2v) is 3.95. The van der Waals surface area contributed by atoms with Gasteiger partial charge in [0.05, 0.1) is 0 Å². The van der Waals surface area contributed by atoms with E-state index in [9.17, 15) is 0 Å². The molecule has 2 aromatic rings. The van der Waals surface area contributed by atoms with Gasteiger partial charge in [-0.1, -0.05) is 67.3 Å². The monoisotopic (exact) mass is 220 g/mol. The van der Waals surface area contributed by atoms with Crippen LogP contribution in [0.3, 0.4) is 0 Å². The zero-order chi connectivity index (χ0) is 12.1. The summed E-state index contributed by atoms with van der Waals surface area (Å²) in [7, 11) is 0. The highest BCUT2D eigenvalue weighted by Gasteiger charge is 2.03. The molecule has 0 aromatic heterocycles. The molecule has 0 fully saturated rings. The van der Waals surface area contributed by atoms with Crippen molar-refractivity contribution in [2.75, 3.05) is 0 Å². The first kappa shape index (κ1) is 11.4. The van der Waals surface area contributed by atoms with E-state index in [1.807, 2.05) is 12.2 Å². The van der Waals surface area contributed by atoms with Gasteiger partial charge in [0.2, 0.25) is 0 Å². The topological polar surface area (TPSA) is 0 Å². The fourth-order valence-electron chi connectivity index (χ4n) is 2.07. The van der Waals surface area contributed by atoms with Crippen molar-refractivity contribution < 1.29 is 0 Å². The van der Waals surface area contributed by atoms with Crippen LogP contribution in [0.15, 0.2) is 73.9 Å². The van der Waals surface area contributed by atoms with E-state index in [-0.39, 0.29) is 0 Å². The van der Waals surface area contributed by atoms with Crippen molar-refractivity contribution in [1.29, 1.82) is 0 Å². The molecule has 0 saturated heterocycles.